The van der Waals surface area contributed by atoms with Crippen molar-refractivity contribution in [3.63, 3.8) is 0 Å². The monoisotopic (exact) mass is 755 g/mol. The number of allylic oxidation sites excluding steroid dienone is 1. The Kier molecular flexibility index (Phi) is 10.8. The van der Waals surface area contributed by atoms with Crippen molar-refractivity contribution in [1.82, 2.24) is 4.90 Å². The number of fused-ring (bicyclic) bond motifs is 3. The summed E-state index contributed by atoms with van der Waals surface area (Å²) in [6.45, 7) is 9.12. The van der Waals surface area contributed by atoms with E-state index in [1.807, 2.05) is 24.3 Å². The van der Waals surface area contributed by atoms with Gasteiger partial charge in [0, 0.05) is 17.1 Å². The molecule has 3 aliphatic rings. The average molecular weight is 757 g/mol. The summed E-state index contributed by atoms with van der Waals surface area (Å²) in [5.74, 6) is -1.48. The molecule has 0 unspecified atom stereocenters. The summed E-state index contributed by atoms with van der Waals surface area (Å²) in [7, 11) is -2.40. The van der Waals surface area contributed by atoms with E-state index in [1.54, 1.807) is 19.2 Å². The van der Waals surface area contributed by atoms with Gasteiger partial charge in [0.25, 0.3) is 8.32 Å². The van der Waals surface area contributed by atoms with Gasteiger partial charge in [0.05, 0.1) is 24.5 Å². The minimum absolute atomic E-state index is 0.162. The molecule has 2 fully saturated rings. The molecule has 0 radical (unpaired) electrons. The number of amides is 2. The first kappa shape index (κ1) is 36.5. The highest BCUT2D eigenvalue weighted by Crippen LogP contribution is 2.51. The van der Waals surface area contributed by atoms with Gasteiger partial charge in [0.1, 0.15) is 5.75 Å². The normalized spacial score (nSPS) is 23.0. The van der Waals surface area contributed by atoms with Gasteiger partial charge in [-0.25, -0.2) is 0 Å². The molecule has 3 aromatic rings. The Morgan fingerprint density at radius 1 is 1.02 bits per heavy atom. The molecule has 2 saturated heterocycles. The summed E-state index contributed by atoms with van der Waals surface area (Å²) in [5.41, 5.74) is 3.87. The molecule has 50 heavy (non-hydrogen) atoms. The highest BCUT2D eigenvalue weighted by atomic mass is 79.9. The van der Waals surface area contributed by atoms with Gasteiger partial charge in [-0.3, -0.25) is 14.5 Å². The van der Waals surface area contributed by atoms with E-state index in [2.05, 4.69) is 92.2 Å². The summed E-state index contributed by atoms with van der Waals surface area (Å²) in [6, 6.07) is 26.4. The van der Waals surface area contributed by atoms with E-state index in [-0.39, 0.29) is 34.8 Å². The quantitative estimate of drug-likeness (QED) is 0.135. The number of carbonyl (C=O) groups is 2. The molecular weight excluding hydrogens is 709 g/mol. The van der Waals surface area contributed by atoms with Crippen molar-refractivity contribution in [2.45, 2.75) is 70.8 Å². The lowest BCUT2D eigenvalue weighted by Crippen LogP contribution is -2.66. The van der Waals surface area contributed by atoms with Gasteiger partial charge in [-0.15, -0.1) is 0 Å². The highest BCUT2D eigenvalue weighted by molar-refractivity contribution is 9.10. The smallest absolute Gasteiger partial charge is 0.455 e. The lowest BCUT2D eigenvalue weighted by Gasteiger charge is -2.46. The van der Waals surface area contributed by atoms with Crippen molar-refractivity contribution in [3.05, 3.63) is 106 Å². The van der Waals surface area contributed by atoms with Crippen molar-refractivity contribution < 1.29 is 28.8 Å². The van der Waals surface area contributed by atoms with Gasteiger partial charge < -0.3 is 19.2 Å². The minimum atomic E-state index is -2.92. The number of imide groups is 1. The molecule has 0 bridgehead atoms. The number of hydrogen-bond donors (Lipinski definition) is 2. The molecule has 0 spiro atoms. The number of aromatic hydroxyl groups is 1. The third-order valence-corrected chi connectivity index (χ3v) is 16.4. The topological polar surface area (TPSA) is 96.3 Å². The van der Waals surface area contributed by atoms with Crippen LogP contribution in [-0.4, -0.2) is 62.0 Å². The Bertz CT molecular complexity index is 1750. The number of halogens is 1. The Labute approximate surface area is 305 Å². The molecule has 0 aromatic heterocycles. The second kappa shape index (κ2) is 14.8. The standard InChI is InChI=1S/C40H47BBrNO6Si/c1-6-26(21-27-22-29(42)18-19-34(27)44)17-20-35-36-28(23-32-37(33(36)24-41(47)49-35)39(46)43(5)38(32)45)25-48-50(40(2,3)4,30-13-9-7-10-14-30)31-15-11-8-12-16-31/h7-16,18-19,21-22,32-33,35,37,44,47H,6,17,20,23-25H2,1-5H3/b26-21+/t32-,33+,35-,37-/m1/s1. The van der Waals surface area contributed by atoms with Crippen LogP contribution < -0.4 is 10.4 Å². The third kappa shape index (κ3) is 6.85. The molecule has 2 N–H and O–H groups in total. The summed E-state index contributed by atoms with van der Waals surface area (Å²) < 4.78 is 14.6. The minimum Gasteiger partial charge on any atom is -0.507 e. The van der Waals surface area contributed by atoms with Gasteiger partial charge in [0.15, 0.2) is 0 Å². The van der Waals surface area contributed by atoms with Gasteiger partial charge in [0.2, 0.25) is 11.8 Å². The number of rotatable bonds is 10. The van der Waals surface area contributed by atoms with Crippen molar-refractivity contribution in [3.8, 4) is 5.75 Å². The van der Waals surface area contributed by atoms with E-state index in [1.165, 1.54) is 15.3 Å². The van der Waals surface area contributed by atoms with Gasteiger partial charge in [-0.1, -0.05) is 116 Å². The van der Waals surface area contributed by atoms with Crippen molar-refractivity contribution in [2.24, 2.45) is 17.8 Å². The van der Waals surface area contributed by atoms with Gasteiger partial charge >= 0.3 is 7.12 Å². The molecule has 7 nitrogen and oxygen atoms in total. The van der Waals surface area contributed by atoms with Crippen LogP contribution in [0.25, 0.3) is 6.08 Å². The van der Waals surface area contributed by atoms with Gasteiger partial charge in [-0.2, -0.15) is 0 Å². The van der Waals surface area contributed by atoms with Crippen LogP contribution in [0.2, 0.25) is 11.4 Å². The molecule has 3 aromatic carbocycles. The fourth-order valence-corrected chi connectivity index (χ4v) is 13.5. The Morgan fingerprint density at radius 2 is 1.66 bits per heavy atom. The summed E-state index contributed by atoms with van der Waals surface area (Å²) in [5, 5.41) is 23.7. The zero-order valence-corrected chi connectivity index (χ0v) is 32.2. The highest BCUT2D eigenvalue weighted by Gasteiger charge is 2.57. The van der Waals surface area contributed by atoms with Crippen LogP contribution in [-0.2, 0) is 18.7 Å². The second-order valence-electron chi connectivity index (χ2n) is 14.9. The van der Waals surface area contributed by atoms with Crippen LogP contribution in [0.15, 0.2) is 100 Å². The van der Waals surface area contributed by atoms with E-state index in [0.29, 0.717) is 25.9 Å². The Morgan fingerprint density at radius 3 is 2.26 bits per heavy atom. The number of carbonyl (C=O) groups excluding carboxylic acids is 2. The number of nitrogens with zero attached hydrogens (tertiary/aromatic N) is 1. The molecule has 4 atom stereocenters. The van der Waals surface area contributed by atoms with E-state index >= 15 is 0 Å². The first-order valence-electron chi connectivity index (χ1n) is 17.7. The molecule has 0 saturated carbocycles. The van der Waals surface area contributed by atoms with Gasteiger partial charge in [-0.05, 0) is 82.7 Å². The van der Waals surface area contributed by atoms with Crippen LogP contribution in [0.4, 0.5) is 0 Å². The molecule has 10 heteroatoms. The maximum Gasteiger partial charge on any atom is 0.455 e. The van der Waals surface area contributed by atoms with E-state index in [4.69, 9.17) is 9.08 Å². The third-order valence-electron chi connectivity index (χ3n) is 10.9. The van der Waals surface area contributed by atoms with Crippen molar-refractivity contribution >= 4 is 59.6 Å². The predicted octanol–water partition coefficient (Wildman–Crippen LogP) is 6.73. The lowest BCUT2D eigenvalue weighted by molar-refractivity contribution is -0.138. The number of likely N-dealkylation sites (tertiary alicyclic amines) is 1. The molecule has 2 amide bonds. The fraction of sp³-hybridized carbons (Fsp3) is 0.400. The number of hydrogen-bond acceptors (Lipinski definition) is 6. The Hall–Kier alpha value is -3.28. The SMILES string of the molecule is CC/C(=C\c1cc(Br)ccc1O)CC[C@H]1OB(O)C[C@H]2C1=C(CO[Si](c1ccccc1)(c1ccccc1)C(C)(C)C)C[C@H]1C(=O)N(C)C(=O)[C@H]12. The predicted molar refractivity (Wildman–Crippen MR) is 204 cm³/mol. The first-order valence-corrected chi connectivity index (χ1v) is 20.4. The molecule has 6 rings (SSSR count). The zero-order chi connectivity index (χ0) is 35.8. The maximum atomic E-state index is 13.6. The number of phenols is 1. The summed E-state index contributed by atoms with van der Waals surface area (Å²) in [6.07, 6.45) is 4.25. The summed E-state index contributed by atoms with van der Waals surface area (Å²) in [4.78, 5) is 28.4. The maximum absolute atomic E-state index is 13.6. The molecule has 1 aliphatic carbocycles. The van der Waals surface area contributed by atoms with Crippen LogP contribution in [0.5, 0.6) is 5.75 Å². The van der Waals surface area contributed by atoms with Crippen molar-refractivity contribution in [2.75, 3.05) is 13.7 Å². The van der Waals surface area contributed by atoms with Crippen LogP contribution in [0, 0.1) is 17.8 Å². The number of benzene rings is 3. The molecule has 2 heterocycles. The van der Waals surface area contributed by atoms with Crippen molar-refractivity contribution in [1.29, 1.82) is 0 Å². The van der Waals surface area contributed by atoms with Crippen LogP contribution in [0.1, 0.15) is 58.9 Å². The zero-order valence-electron chi connectivity index (χ0n) is 29.6. The fourth-order valence-electron chi connectivity index (χ4n) is 8.54. The summed E-state index contributed by atoms with van der Waals surface area (Å²) >= 11 is 3.51. The Balaban J connectivity index is 1.42. The van der Waals surface area contributed by atoms with Crippen LogP contribution in [0.3, 0.4) is 0 Å². The molecule has 2 aliphatic heterocycles. The van der Waals surface area contributed by atoms with E-state index in [9.17, 15) is 19.7 Å². The first-order chi connectivity index (χ1) is 23.9. The average Bonchev–Trinajstić information content (AvgIpc) is 3.31. The van der Waals surface area contributed by atoms with E-state index in [0.717, 1.165) is 33.2 Å². The molecule has 262 valence electrons. The second-order valence-corrected chi connectivity index (χ2v) is 20.1. The van der Waals surface area contributed by atoms with Crippen LogP contribution >= 0.6 is 15.9 Å². The largest absolute Gasteiger partial charge is 0.507 e. The number of phenolic OH excluding ortho intramolecular Hbond substituents is 1. The lowest BCUT2D eigenvalue weighted by atomic mass is 9.58. The van der Waals surface area contributed by atoms with E-state index < -0.39 is 33.4 Å². The molecular formula is C40H47BBrNO6Si.